The van der Waals surface area contributed by atoms with Crippen LogP contribution in [0.15, 0.2) is 24.3 Å². The normalized spacial score (nSPS) is 13.3. The number of hydrogen-bond donors (Lipinski definition) is 1. The lowest BCUT2D eigenvalue weighted by atomic mass is 10.0. The fourth-order valence-electron chi connectivity index (χ4n) is 1.97. The van der Waals surface area contributed by atoms with Crippen molar-refractivity contribution in [1.29, 1.82) is 0 Å². The maximum Gasteiger partial charge on any atom is 0.148 e. The Morgan fingerprint density at radius 1 is 1.30 bits per heavy atom. The molecule has 3 nitrogen and oxygen atoms in total. The predicted octanol–water partition coefficient (Wildman–Crippen LogP) is 2.81. The Morgan fingerprint density at radius 3 is 2.60 bits per heavy atom. The molecule has 0 aliphatic rings. The summed E-state index contributed by atoms with van der Waals surface area (Å²) in [5.41, 5.74) is 2.60. The number of sulfone groups is 1. The largest absolute Gasteiger partial charge is 0.309 e. The third kappa shape index (κ3) is 6.77. The second-order valence-corrected chi connectivity index (χ2v) is 8.48. The lowest BCUT2D eigenvalue weighted by Crippen LogP contribution is -2.25. The molecule has 0 aromatic heterocycles. The van der Waals surface area contributed by atoms with Crippen molar-refractivity contribution >= 4 is 21.6 Å². The first kappa shape index (κ1) is 17.5. The van der Waals surface area contributed by atoms with Crippen LogP contribution in [0.1, 0.15) is 30.5 Å². The van der Waals surface area contributed by atoms with Crippen molar-refractivity contribution in [2.45, 2.75) is 26.3 Å². The van der Waals surface area contributed by atoms with Crippen LogP contribution >= 0.6 is 11.8 Å². The van der Waals surface area contributed by atoms with Gasteiger partial charge in [0.15, 0.2) is 0 Å². The molecule has 1 N–H and O–H groups in total. The van der Waals surface area contributed by atoms with Crippen LogP contribution in [0.25, 0.3) is 0 Å². The van der Waals surface area contributed by atoms with E-state index in [1.54, 1.807) is 11.8 Å². The fraction of sp³-hybridized carbons (Fsp3) is 0.600. The monoisotopic (exact) mass is 315 g/mol. The second-order valence-electron chi connectivity index (χ2n) is 5.07. The molecule has 1 atom stereocenters. The third-order valence-corrected chi connectivity index (χ3v) is 5.35. The zero-order valence-corrected chi connectivity index (χ0v) is 14.2. The van der Waals surface area contributed by atoms with Crippen molar-refractivity contribution in [3.8, 4) is 0 Å². The molecular weight excluding hydrogens is 290 g/mol. The molecule has 5 heteroatoms. The molecule has 0 bridgehead atoms. The van der Waals surface area contributed by atoms with E-state index in [1.165, 1.54) is 17.4 Å². The van der Waals surface area contributed by atoms with Crippen LogP contribution < -0.4 is 5.32 Å². The quantitative estimate of drug-likeness (QED) is 0.712. The minimum absolute atomic E-state index is 0.256. The number of hydrogen-bond acceptors (Lipinski definition) is 4. The molecule has 0 amide bonds. The number of thioether (sulfide) groups is 1. The average Bonchev–Trinajstić information content (AvgIpc) is 2.38. The van der Waals surface area contributed by atoms with E-state index in [-0.39, 0.29) is 5.75 Å². The highest BCUT2D eigenvalue weighted by Gasteiger charge is 2.13. The van der Waals surface area contributed by atoms with Crippen molar-refractivity contribution in [3.63, 3.8) is 0 Å². The number of benzene rings is 1. The van der Waals surface area contributed by atoms with Gasteiger partial charge in [-0.2, -0.15) is 11.8 Å². The summed E-state index contributed by atoms with van der Waals surface area (Å²) in [5.74, 6) is 1.82. The Bertz CT molecular complexity index is 500. The third-order valence-electron chi connectivity index (χ3n) is 3.09. The Morgan fingerprint density at radius 2 is 2.00 bits per heavy atom. The van der Waals surface area contributed by atoms with Crippen molar-refractivity contribution in [1.82, 2.24) is 5.32 Å². The van der Waals surface area contributed by atoms with E-state index in [0.29, 0.717) is 11.8 Å². The Balaban J connectivity index is 2.59. The maximum atomic E-state index is 11.1. The van der Waals surface area contributed by atoms with Crippen molar-refractivity contribution in [3.05, 3.63) is 35.4 Å². The van der Waals surface area contributed by atoms with E-state index in [1.807, 2.05) is 6.07 Å². The highest BCUT2D eigenvalue weighted by molar-refractivity contribution is 8.00. The lowest BCUT2D eigenvalue weighted by Gasteiger charge is -2.20. The van der Waals surface area contributed by atoms with E-state index in [9.17, 15) is 8.42 Å². The summed E-state index contributed by atoms with van der Waals surface area (Å²) < 4.78 is 22.3. The molecule has 0 heterocycles. The zero-order chi connectivity index (χ0) is 15.0. The van der Waals surface area contributed by atoms with Crippen LogP contribution in [-0.4, -0.2) is 38.5 Å². The van der Waals surface area contributed by atoms with E-state index < -0.39 is 9.84 Å². The van der Waals surface area contributed by atoms with Crippen LogP contribution in [-0.2, 0) is 9.84 Å². The molecular formula is C15H25NO2S2. The maximum absolute atomic E-state index is 11.1. The number of aryl methyl sites for hydroxylation is 1. The van der Waals surface area contributed by atoms with Gasteiger partial charge in [0.05, 0.1) is 5.75 Å². The van der Waals surface area contributed by atoms with Gasteiger partial charge in [-0.25, -0.2) is 8.42 Å². The van der Waals surface area contributed by atoms with Gasteiger partial charge in [0.25, 0.3) is 0 Å². The molecule has 1 unspecified atom stereocenters. The molecule has 0 saturated carbocycles. The van der Waals surface area contributed by atoms with Gasteiger partial charge < -0.3 is 5.32 Å². The first-order valence-corrected chi connectivity index (χ1v) is 10.2. The van der Waals surface area contributed by atoms with Gasteiger partial charge in [-0.1, -0.05) is 31.2 Å². The predicted molar refractivity (Wildman–Crippen MR) is 89.2 cm³/mol. The standard InChI is InChI=1S/C15H25NO2S2/c1-4-9-16-15(12-19-10-11-20(3,17)18)14-8-6-5-7-13(14)2/h5-8,15-16H,4,9-12H2,1-3H3. The Hall–Kier alpha value is -0.520. The zero-order valence-electron chi connectivity index (χ0n) is 12.6. The second kappa shape index (κ2) is 8.70. The number of rotatable bonds is 9. The summed E-state index contributed by atoms with van der Waals surface area (Å²) in [6.07, 6.45) is 2.39. The fourth-order valence-corrected chi connectivity index (χ4v) is 4.35. The SMILES string of the molecule is CCCNC(CSCCS(C)(=O)=O)c1ccccc1C. The van der Waals surface area contributed by atoms with Crippen LogP contribution in [0.2, 0.25) is 0 Å². The highest BCUT2D eigenvalue weighted by Crippen LogP contribution is 2.21. The van der Waals surface area contributed by atoms with Gasteiger partial charge in [-0.05, 0) is 31.0 Å². The Labute approximate surface area is 127 Å². The topological polar surface area (TPSA) is 46.2 Å². The first-order valence-electron chi connectivity index (χ1n) is 6.98. The summed E-state index contributed by atoms with van der Waals surface area (Å²) >= 11 is 1.70. The van der Waals surface area contributed by atoms with Gasteiger partial charge in [0.2, 0.25) is 0 Å². The minimum Gasteiger partial charge on any atom is -0.309 e. The molecule has 0 aliphatic carbocycles. The highest BCUT2D eigenvalue weighted by atomic mass is 32.2. The van der Waals surface area contributed by atoms with E-state index in [2.05, 4.69) is 37.4 Å². The van der Waals surface area contributed by atoms with Crippen LogP contribution in [0.3, 0.4) is 0 Å². The number of nitrogens with one attached hydrogen (secondary N) is 1. The van der Waals surface area contributed by atoms with Crippen molar-refractivity contribution in [2.24, 2.45) is 0 Å². The summed E-state index contributed by atoms with van der Waals surface area (Å²) in [6.45, 7) is 5.25. The first-order chi connectivity index (χ1) is 9.44. The van der Waals surface area contributed by atoms with Gasteiger partial charge in [0.1, 0.15) is 9.84 Å². The summed E-state index contributed by atoms with van der Waals surface area (Å²) in [6, 6.07) is 8.67. The molecule has 1 aromatic carbocycles. The molecule has 1 aromatic rings. The molecule has 0 fully saturated rings. The van der Waals surface area contributed by atoms with Gasteiger partial charge in [0, 0.05) is 23.8 Å². The molecule has 0 saturated heterocycles. The smallest absolute Gasteiger partial charge is 0.148 e. The molecule has 20 heavy (non-hydrogen) atoms. The molecule has 0 aliphatic heterocycles. The minimum atomic E-state index is -2.85. The van der Waals surface area contributed by atoms with E-state index >= 15 is 0 Å². The summed E-state index contributed by atoms with van der Waals surface area (Å²) in [7, 11) is -2.85. The van der Waals surface area contributed by atoms with Gasteiger partial charge >= 0.3 is 0 Å². The van der Waals surface area contributed by atoms with Gasteiger partial charge in [-0.3, -0.25) is 0 Å². The molecule has 1 rings (SSSR count). The molecule has 0 spiro atoms. The average molecular weight is 316 g/mol. The van der Waals surface area contributed by atoms with Crippen LogP contribution in [0.4, 0.5) is 0 Å². The van der Waals surface area contributed by atoms with Crippen LogP contribution in [0, 0.1) is 6.92 Å². The molecule has 0 radical (unpaired) electrons. The van der Waals surface area contributed by atoms with Gasteiger partial charge in [-0.15, -0.1) is 0 Å². The summed E-state index contributed by atoms with van der Waals surface area (Å²) in [4.78, 5) is 0. The van der Waals surface area contributed by atoms with Crippen molar-refractivity contribution < 1.29 is 8.42 Å². The van der Waals surface area contributed by atoms with E-state index in [0.717, 1.165) is 18.7 Å². The lowest BCUT2D eigenvalue weighted by molar-refractivity contribution is 0.575. The van der Waals surface area contributed by atoms with Crippen LogP contribution in [0.5, 0.6) is 0 Å². The Kier molecular flexibility index (Phi) is 7.62. The molecule has 114 valence electrons. The van der Waals surface area contributed by atoms with Crippen molar-refractivity contribution in [2.75, 3.05) is 30.1 Å². The van der Waals surface area contributed by atoms with E-state index in [4.69, 9.17) is 0 Å². The summed E-state index contributed by atoms with van der Waals surface area (Å²) in [5, 5.41) is 3.55.